The summed E-state index contributed by atoms with van der Waals surface area (Å²) in [6, 6.07) is 4.61. The summed E-state index contributed by atoms with van der Waals surface area (Å²) in [4.78, 5) is 45.3. The number of H-pyrrole nitrogens is 1. The number of benzene rings is 1. The predicted molar refractivity (Wildman–Crippen MR) is 142 cm³/mol. The number of hydrogen-bond acceptors (Lipinski definition) is 6. The summed E-state index contributed by atoms with van der Waals surface area (Å²) >= 11 is 6.58. The summed E-state index contributed by atoms with van der Waals surface area (Å²) in [7, 11) is 1.27. The number of carbonyl (C=O) groups is 3. The Bertz CT molecular complexity index is 1170. The Morgan fingerprint density at radius 2 is 2.00 bits per heavy atom. The predicted octanol–water partition coefficient (Wildman–Crippen LogP) is 4.51. The molecule has 2 heterocycles. The average molecular weight is 529 g/mol. The van der Waals surface area contributed by atoms with Crippen LogP contribution < -0.4 is 21.7 Å². The topological polar surface area (TPSA) is 151 Å². The van der Waals surface area contributed by atoms with Gasteiger partial charge >= 0.3 is 6.09 Å². The molecule has 1 aliphatic heterocycles. The first-order valence-corrected chi connectivity index (χ1v) is 13.0. The van der Waals surface area contributed by atoms with Crippen molar-refractivity contribution in [2.75, 3.05) is 24.3 Å². The molecular weight excluding hydrogens is 496 g/mol. The molecule has 0 spiro atoms. The molecule has 1 fully saturated rings. The maximum absolute atomic E-state index is 13.1. The van der Waals surface area contributed by atoms with Gasteiger partial charge in [0.2, 0.25) is 11.8 Å². The fourth-order valence-corrected chi connectivity index (χ4v) is 5.02. The Hall–Kier alpha value is -3.37. The third kappa shape index (κ3) is 6.69. The first-order chi connectivity index (χ1) is 17.9. The maximum atomic E-state index is 13.1. The lowest BCUT2D eigenvalue weighted by molar-refractivity contribution is -0.127. The van der Waals surface area contributed by atoms with Gasteiger partial charge in [-0.3, -0.25) is 14.9 Å². The number of methoxy groups -OCH3 is 1. The molecule has 1 atom stereocenters. The van der Waals surface area contributed by atoms with Crippen molar-refractivity contribution < 1.29 is 19.1 Å². The Labute approximate surface area is 220 Å². The number of nitrogens with zero attached hydrogens (tertiary/aromatic N) is 1. The largest absolute Gasteiger partial charge is 0.453 e. The number of ether oxygens (including phenoxy) is 1. The van der Waals surface area contributed by atoms with Crippen LogP contribution in [0.2, 0.25) is 5.15 Å². The van der Waals surface area contributed by atoms with E-state index >= 15 is 0 Å². The lowest BCUT2D eigenvalue weighted by Gasteiger charge is -2.28. The highest BCUT2D eigenvalue weighted by molar-refractivity contribution is 6.32. The molecule has 2 aliphatic rings. The Morgan fingerprint density at radius 3 is 2.73 bits per heavy atom. The van der Waals surface area contributed by atoms with Crippen molar-refractivity contribution in [1.82, 2.24) is 15.3 Å². The van der Waals surface area contributed by atoms with Crippen LogP contribution in [0.1, 0.15) is 56.8 Å². The van der Waals surface area contributed by atoms with E-state index in [1.54, 1.807) is 18.2 Å². The zero-order chi connectivity index (χ0) is 26.4. The number of aromatic nitrogens is 2. The lowest BCUT2D eigenvalue weighted by atomic mass is 9.81. The van der Waals surface area contributed by atoms with Gasteiger partial charge in [0.25, 0.3) is 0 Å². The molecule has 2 bridgehead atoms. The van der Waals surface area contributed by atoms with Gasteiger partial charge in [0.15, 0.2) is 0 Å². The second-order valence-electron chi connectivity index (χ2n) is 9.47. The molecule has 1 aromatic carbocycles. The molecule has 37 heavy (non-hydrogen) atoms. The molecule has 1 saturated carbocycles. The van der Waals surface area contributed by atoms with Gasteiger partial charge in [-0.1, -0.05) is 23.8 Å². The van der Waals surface area contributed by atoms with Crippen LogP contribution in [0.5, 0.6) is 0 Å². The standard InChI is InChI=1S/C26H33ClN6O4/c1-37-26(36)29-17-11-12-18-20(13-17)30-21(34)6-4-2-3-5-19(24-32-22(18)23(27)33-24)31-25(35)16-9-7-15(14-28)8-10-16/h2-3,11-13,15-16,19H,4-10,14,28H2,1H3,(H,29,36)(H,30,34)(H,31,35)(H,32,33). The van der Waals surface area contributed by atoms with E-state index in [9.17, 15) is 14.4 Å². The molecule has 1 aliphatic carbocycles. The monoisotopic (exact) mass is 528 g/mol. The summed E-state index contributed by atoms with van der Waals surface area (Å²) in [6.07, 6.45) is 8.11. The minimum Gasteiger partial charge on any atom is -0.453 e. The summed E-state index contributed by atoms with van der Waals surface area (Å²) in [5.74, 6) is 0.781. The van der Waals surface area contributed by atoms with E-state index in [4.69, 9.17) is 22.3 Å². The lowest BCUT2D eigenvalue weighted by Crippen LogP contribution is -2.36. The molecule has 11 heteroatoms. The summed E-state index contributed by atoms with van der Waals surface area (Å²) in [6.45, 7) is 0.661. The minimum atomic E-state index is -0.628. The van der Waals surface area contributed by atoms with Crippen molar-refractivity contribution in [2.45, 2.75) is 51.0 Å². The van der Waals surface area contributed by atoms with Crippen molar-refractivity contribution in [3.8, 4) is 11.3 Å². The van der Waals surface area contributed by atoms with Gasteiger partial charge in [0, 0.05) is 23.6 Å². The second-order valence-corrected chi connectivity index (χ2v) is 9.85. The molecule has 6 N–H and O–H groups in total. The van der Waals surface area contributed by atoms with Crippen molar-refractivity contribution in [1.29, 1.82) is 0 Å². The van der Waals surface area contributed by atoms with E-state index in [1.165, 1.54) is 7.11 Å². The molecular formula is C26H33ClN6O4. The molecule has 3 amide bonds. The number of hydrogen-bond donors (Lipinski definition) is 5. The number of carbonyl (C=O) groups excluding carboxylic acids is 3. The van der Waals surface area contributed by atoms with E-state index in [0.29, 0.717) is 53.8 Å². The second kappa shape index (κ2) is 12.2. The molecule has 2 aromatic rings. The first kappa shape index (κ1) is 26.7. The third-order valence-corrected chi connectivity index (χ3v) is 7.21. The average Bonchev–Trinajstić information content (AvgIpc) is 3.28. The summed E-state index contributed by atoms with van der Waals surface area (Å²) in [5, 5.41) is 8.93. The summed E-state index contributed by atoms with van der Waals surface area (Å²) < 4.78 is 4.66. The number of halogens is 1. The fourth-order valence-electron chi connectivity index (χ4n) is 4.78. The van der Waals surface area contributed by atoms with E-state index in [2.05, 4.69) is 25.7 Å². The van der Waals surface area contributed by atoms with Gasteiger partial charge in [-0.15, -0.1) is 0 Å². The molecule has 10 nitrogen and oxygen atoms in total. The van der Waals surface area contributed by atoms with Gasteiger partial charge in [0.1, 0.15) is 16.7 Å². The van der Waals surface area contributed by atoms with Crippen molar-refractivity contribution in [2.24, 2.45) is 17.6 Å². The van der Waals surface area contributed by atoms with Crippen LogP contribution in [0, 0.1) is 11.8 Å². The number of fused-ring (bicyclic) bond motifs is 4. The minimum absolute atomic E-state index is 0.00281. The van der Waals surface area contributed by atoms with Crippen molar-refractivity contribution in [3.63, 3.8) is 0 Å². The molecule has 1 unspecified atom stereocenters. The number of aromatic amines is 1. The number of amides is 3. The van der Waals surface area contributed by atoms with Crippen LogP contribution in [-0.2, 0) is 14.3 Å². The van der Waals surface area contributed by atoms with E-state index < -0.39 is 12.1 Å². The highest BCUT2D eigenvalue weighted by Gasteiger charge is 2.29. The van der Waals surface area contributed by atoms with Crippen molar-refractivity contribution in [3.05, 3.63) is 41.3 Å². The number of nitrogens with one attached hydrogen (secondary N) is 4. The fraction of sp³-hybridized carbons (Fsp3) is 0.462. The van der Waals surface area contributed by atoms with E-state index in [0.717, 1.165) is 25.7 Å². The van der Waals surface area contributed by atoms with Crippen LogP contribution in [0.4, 0.5) is 16.2 Å². The van der Waals surface area contributed by atoms with Gasteiger partial charge in [0.05, 0.1) is 18.8 Å². The maximum Gasteiger partial charge on any atom is 0.411 e. The van der Waals surface area contributed by atoms with Gasteiger partial charge in [-0.2, -0.15) is 0 Å². The van der Waals surface area contributed by atoms with Gasteiger partial charge in [-0.05, 0) is 69.2 Å². The number of anilines is 2. The number of allylic oxidation sites excluding steroid dienone is 1. The van der Waals surface area contributed by atoms with Crippen LogP contribution in [0.15, 0.2) is 30.4 Å². The van der Waals surface area contributed by atoms with Crippen LogP contribution in [-0.4, -0.2) is 41.5 Å². The van der Waals surface area contributed by atoms with Crippen molar-refractivity contribution >= 4 is 40.9 Å². The summed E-state index contributed by atoms with van der Waals surface area (Å²) in [5.41, 5.74) is 7.70. The highest BCUT2D eigenvalue weighted by atomic mass is 35.5. The number of nitrogens with two attached hydrogens (primary N) is 1. The Morgan fingerprint density at radius 1 is 1.22 bits per heavy atom. The highest BCUT2D eigenvalue weighted by Crippen LogP contribution is 2.36. The van der Waals surface area contributed by atoms with Crippen LogP contribution >= 0.6 is 11.6 Å². The molecule has 1 aromatic heterocycles. The SMILES string of the molecule is COC(=O)Nc1ccc2c(c1)NC(=O)CCC=CCC(NC(=O)C1CCC(CN)CC1)c1nc-2c(Cl)[nH]1. The molecule has 0 saturated heterocycles. The molecule has 4 rings (SSSR count). The Balaban J connectivity index is 1.63. The number of imidazole rings is 1. The van der Waals surface area contributed by atoms with Gasteiger partial charge < -0.3 is 26.1 Å². The molecule has 198 valence electrons. The number of rotatable bonds is 4. The van der Waals surface area contributed by atoms with Crippen LogP contribution in [0.25, 0.3) is 11.3 Å². The van der Waals surface area contributed by atoms with Gasteiger partial charge in [-0.25, -0.2) is 9.78 Å². The zero-order valence-electron chi connectivity index (χ0n) is 20.8. The molecule has 0 radical (unpaired) electrons. The quantitative estimate of drug-likeness (QED) is 0.368. The third-order valence-electron chi connectivity index (χ3n) is 6.93. The zero-order valence-corrected chi connectivity index (χ0v) is 21.6. The first-order valence-electron chi connectivity index (χ1n) is 12.6. The van der Waals surface area contributed by atoms with E-state index in [1.807, 2.05) is 12.2 Å². The normalized spacial score (nSPS) is 21.9. The smallest absolute Gasteiger partial charge is 0.411 e. The Kier molecular flexibility index (Phi) is 8.83. The van der Waals surface area contributed by atoms with E-state index in [-0.39, 0.29) is 29.3 Å². The van der Waals surface area contributed by atoms with Crippen LogP contribution in [0.3, 0.4) is 0 Å².